The minimum absolute atomic E-state index is 0.190. The number of likely N-dealkylation sites (N-methyl/N-ethyl adjacent to an activating group) is 1. The monoisotopic (exact) mass is 212 g/mol. The van der Waals surface area contributed by atoms with E-state index in [2.05, 4.69) is 5.10 Å². The molecule has 1 amide bonds. The first kappa shape index (κ1) is 11.5. The van der Waals surface area contributed by atoms with Crippen LogP contribution in [-0.4, -0.2) is 47.9 Å². The maximum absolute atomic E-state index is 11.8. The molecule has 0 fully saturated rings. The molecule has 0 saturated heterocycles. The molecule has 0 aliphatic heterocycles. The number of carbonyl (C=O) groups is 1. The van der Waals surface area contributed by atoms with Crippen molar-refractivity contribution >= 4 is 11.6 Å². The van der Waals surface area contributed by atoms with Crippen LogP contribution >= 0.6 is 0 Å². The lowest BCUT2D eigenvalue weighted by Gasteiger charge is -2.15. The zero-order valence-corrected chi connectivity index (χ0v) is 9.23. The standard InChI is InChI=1S/C9H16N4O2/c1-12(4-5-15-3)9(14)8-7(10)6-13(2)11-8/h6H,4-5,10H2,1-3H3. The molecule has 0 bridgehead atoms. The molecule has 2 N–H and O–H groups in total. The quantitative estimate of drug-likeness (QED) is 0.745. The molecule has 1 heterocycles. The molecule has 1 aromatic heterocycles. The topological polar surface area (TPSA) is 73.4 Å². The Hall–Kier alpha value is -1.56. The molecule has 0 unspecified atom stereocenters. The van der Waals surface area contributed by atoms with Gasteiger partial charge in [0.1, 0.15) is 0 Å². The van der Waals surface area contributed by atoms with Crippen LogP contribution in [0.4, 0.5) is 5.69 Å². The predicted octanol–water partition coefficient (Wildman–Crippen LogP) is -0.279. The van der Waals surface area contributed by atoms with Crippen LogP contribution in [0.2, 0.25) is 0 Å². The van der Waals surface area contributed by atoms with Gasteiger partial charge in [-0.2, -0.15) is 5.10 Å². The molecule has 1 rings (SSSR count). The summed E-state index contributed by atoms with van der Waals surface area (Å²) >= 11 is 0. The molecule has 0 atom stereocenters. The Balaban J connectivity index is 2.71. The molecule has 0 aromatic carbocycles. The third-order valence-corrected chi connectivity index (χ3v) is 2.04. The predicted molar refractivity (Wildman–Crippen MR) is 56.5 cm³/mol. The van der Waals surface area contributed by atoms with E-state index in [1.165, 1.54) is 9.58 Å². The number of aryl methyl sites for hydroxylation is 1. The zero-order chi connectivity index (χ0) is 11.4. The van der Waals surface area contributed by atoms with Crippen molar-refractivity contribution in [2.45, 2.75) is 0 Å². The minimum atomic E-state index is -0.190. The lowest BCUT2D eigenvalue weighted by molar-refractivity contribution is 0.0739. The van der Waals surface area contributed by atoms with Crippen molar-refractivity contribution in [3.05, 3.63) is 11.9 Å². The first-order chi connectivity index (χ1) is 7.06. The fraction of sp³-hybridized carbons (Fsp3) is 0.556. The average molecular weight is 212 g/mol. The van der Waals surface area contributed by atoms with Gasteiger partial charge in [-0.1, -0.05) is 0 Å². The van der Waals surface area contributed by atoms with Crippen molar-refractivity contribution in [2.75, 3.05) is 33.0 Å². The Morgan fingerprint density at radius 1 is 1.73 bits per heavy atom. The first-order valence-corrected chi connectivity index (χ1v) is 4.59. The van der Waals surface area contributed by atoms with Gasteiger partial charge in [-0.3, -0.25) is 9.48 Å². The lowest BCUT2D eigenvalue weighted by atomic mass is 10.3. The summed E-state index contributed by atoms with van der Waals surface area (Å²) in [7, 11) is 5.01. The maximum atomic E-state index is 11.8. The van der Waals surface area contributed by atoms with Crippen LogP contribution in [-0.2, 0) is 11.8 Å². The third-order valence-electron chi connectivity index (χ3n) is 2.04. The van der Waals surface area contributed by atoms with Crippen LogP contribution in [0.15, 0.2) is 6.20 Å². The number of nitrogens with two attached hydrogens (primary N) is 1. The number of amides is 1. The maximum Gasteiger partial charge on any atom is 0.276 e. The Morgan fingerprint density at radius 3 is 2.87 bits per heavy atom. The van der Waals surface area contributed by atoms with E-state index in [-0.39, 0.29) is 11.6 Å². The molecule has 0 saturated carbocycles. The number of hydrogen-bond acceptors (Lipinski definition) is 4. The molecule has 0 spiro atoms. The lowest BCUT2D eigenvalue weighted by Crippen LogP contribution is -2.30. The van der Waals surface area contributed by atoms with Crippen molar-refractivity contribution in [3.63, 3.8) is 0 Å². The normalized spacial score (nSPS) is 10.3. The summed E-state index contributed by atoms with van der Waals surface area (Å²) in [5, 5.41) is 4.00. The Morgan fingerprint density at radius 2 is 2.40 bits per heavy atom. The summed E-state index contributed by atoms with van der Waals surface area (Å²) < 4.78 is 6.40. The fourth-order valence-electron chi connectivity index (χ4n) is 1.18. The number of ether oxygens (including phenoxy) is 1. The Kier molecular flexibility index (Phi) is 3.68. The minimum Gasteiger partial charge on any atom is -0.396 e. The first-order valence-electron chi connectivity index (χ1n) is 4.59. The molecular formula is C9H16N4O2. The number of hydrogen-bond donors (Lipinski definition) is 1. The van der Waals surface area contributed by atoms with E-state index in [0.717, 1.165) is 0 Å². The molecule has 6 nitrogen and oxygen atoms in total. The highest BCUT2D eigenvalue weighted by Gasteiger charge is 2.17. The van der Waals surface area contributed by atoms with Crippen molar-refractivity contribution in [2.24, 2.45) is 7.05 Å². The van der Waals surface area contributed by atoms with Gasteiger partial charge in [0.15, 0.2) is 5.69 Å². The number of aromatic nitrogens is 2. The molecule has 6 heteroatoms. The van der Waals surface area contributed by atoms with Crippen LogP contribution in [0.1, 0.15) is 10.5 Å². The van der Waals surface area contributed by atoms with Gasteiger partial charge in [0.2, 0.25) is 0 Å². The fourth-order valence-corrected chi connectivity index (χ4v) is 1.18. The average Bonchev–Trinajstić information content (AvgIpc) is 2.53. The van der Waals surface area contributed by atoms with Crippen molar-refractivity contribution in [1.29, 1.82) is 0 Å². The highest BCUT2D eigenvalue weighted by Crippen LogP contribution is 2.10. The summed E-state index contributed by atoms with van der Waals surface area (Å²) in [5.74, 6) is -0.190. The molecule has 84 valence electrons. The van der Waals surface area contributed by atoms with Gasteiger partial charge in [-0.25, -0.2) is 0 Å². The second-order valence-electron chi connectivity index (χ2n) is 3.33. The Labute approximate surface area is 88.6 Å². The summed E-state index contributed by atoms with van der Waals surface area (Å²) in [6.07, 6.45) is 1.61. The smallest absolute Gasteiger partial charge is 0.276 e. The van der Waals surface area contributed by atoms with Gasteiger partial charge in [-0.05, 0) is 0 Å². The van der Waals surface area contributed by atoms with E-state index in [1.54, 1.807) is 27.4 Å². The number of carbonyl (C=O) groups excluding carboxylic acids is 1. The van der Waals surface area contributed by atoms with E-state index >= 15 is 0 Å². The molecule has 0 radical (unpaired) electrons. The second-order valence-corrected chi connectivity index (χ2v) is 3.33. The van der Waals surface area contributed by atoms with E-state index in [4.69, 9.17) is 10.5 Å². The number of nitrogens with zero attached hydrogens (tertiary/aromatic N) is 3. The van der Waals surface area contributed by atoms with Crippen molar-refractivity contribution in [3.8, 4) is 0 Å². The van der Waals surface area contributed by atoms with Gasteiger partial charge in [0, 0.05) is 33.9 Å². The van der Waals surface area contributed by atoms with Crippen molar-refractivity contribution < 1.29 is 9.53 Å². The van der Waals surface area contributed by atoms with Crippen LogP contribution in [0.25, 0.3) is 0 Å². The highest BCUT2D eigenvalue weighted by atomic mass is 16.5. The summed E-state index contributed by atoms with van der Waals surface area (Å²) in [6.45, 7) is 1.01. The van der Waals surface area contributed by atoms with E-state index in [0.29, 0.717) is 18.8 Å². The van der Waals surface area contributed by atoms with Crippen LogP contribution in [0.5, 0.6) is 0 Å². The number of anilines is 1. The molecule has 1 aromatic rings. The largest absolute Gasteiger partial charge is 0.396 e. The van der Waals surface area contributed by atoms with Crippen LogP contribution < -0.4 is 5.73 Å². The Bertz CT molecular complexity index is 348. The third kappa shape index (κ3) is 2.69. The van der Waals surface area contributed by atoms with Crippen molar-refractivity contribution in [1.82, 2.24) is 14.7 Å². The number of rotatable bonds is 4. The summed E-state index contributed by atoms with van der Waals surface area (Å²) in [6, 6.07) is 0. The highest BCUT2D eigenvalue weighted by molar-refractivity contribution is 5.96. The summed E-state index contributed by atoms with van der Waals surface area (Å²) in [4.78, 5) is 13.3. The summed E-state index contributed by atoms with van der Waals surface area (Å²) in [5.41, 5.74) is 6.33. The van der Waals surface area contributed by atoms with Gasteiger partial charge in [0.25, 0.3) is 5.91 Å². The molecule has 15 heavy (non-hydrogen) atoms. The zero-order valence-electron chi connectivity index (χ0n) is 9.23. The van der Waals surface area contributed by atoms with E-state index < -0.39 is 0 Å². The van der Waals surface area contributed by atoms with Crippen LogP contribution in [0.3, 0.4) is 0 Å². The second kappa shape index (κ2) is 4.79. The van der Waals surface area contributed by atoms with Gasteiger partial charge < -0.3 is 15.4 Å². The van der Waals surface area contributed by atoms with Crippen LogP contribution in [0, 0.1) is 0 Å². The molecular weight excluding hydrogens is 196 g/mol. The van der Waals surface area contributed by atoms with E-state index in [1.807, 2.05) is 0 Å². The molecule has 0 aliphatic carbocycles. The van der Waals surface area contributed by atoms with Gasteiger partial charge >= 0.3 is 0 Å². The van der Waals surface area contributed by atoms with Gasteiger partial charge in [0.05, 0.1) is 12.3 Å². The van der Waals surface area contributed by atoms with Gasteiger partial charge in [-0.15, -0.1) is 0 Å². The SMILES string of the molecule is COCCN(C)C(=O)c1nn(C)cc1N. The van der Waals surface area contributed by atoms with E-state index in [9.17, 15) is 4.79 Å². The number of methoxy groups -OCH3 is 1. The number of nitrogen functional groups attached to an aromatic ring is 1. The molecule has 0 aliphatic rings.